The lowest BCUT2D eigenvalue weighted by Gasteiger charge is -2.10. The first-order valence-electron chi connectivity index (χ1n) is 7.83. The summed E-state index contributed by atoms with van der Waals surface area (Å²) in [4.78, 5) is 24.7. The molecule has 10 heteroatoms. The molecule has 0 radical (unpaired) electrons. The fourth-order valence-corrected chi connectivity index (χ4v) is 2.61. The van der Waals surface area contributed by atoms with Crippen LogP contribution >= 0.6 is 11.6 Å². The van der Waals surface area contributed by atoms with E-state index >= 15 is 0 Å². The molecule has 0 bridgehead atoms. The summed E-state index contributed by atoms with van der Waals surface area (Å²) in [5.74, 6) is 0.557. The summed E-state index contributed by atoms with van der Waals surface area (Å²) in [6.07, 6.45) is 0. The van der Waals surface area contributed by atoms with Gasteiger partial charge in [0.2, 0.25) is 5.91 Å². The predicted molar refractivity (Wildman–Crippen MR) is 98.8 cm³/mol. The number of halogens is 1. The number of benzene rings is 2. The van der Waals surface area contributed by atoms with Crippen LogP contribution in [-0.4, -0.2) is 39.9 Å². The first kappa shape index (κ1) is 18.5. The Balaban J connectivity index is 1.76. The van der Waals surface area contributed by atoms with Gasteiger partial charge in [-0.3, -0.25) is 4.79 Å². The maximum absolute atomic E-state index is 12.4. The molecule has 0 unspecified atom stereocenters. The summed E-state index contributed by atoms with van der Waals surface area (Å²) >= 11 is 6.07. The van der Waals surface area contributed by atoms with E-state index in [4.69, 9.17) is 21.1 Å². The van der Waals surface area contributed by atoms with Gasteiger partial charge < -0.3 is 14.8 Å². The van der Waals surface area contributed by atoms with Gasteiger partial charge in [0.15, 0.2) is 11.5 Å². The normalized spacial score (nSPS) is 10.5. The Morgan fingerprint density at radius 2 is 1.85 bits per heavy atom. The van der Waals surface area contributed by atoms with Crippen molar-refractivity contribution >= 4 is 23.2 Å². The Labute approximate surface area is 159 Å². The van der Waals surface area contributed by atoms with Gasteiger partial charge in [-0.15, -0.1) is 0 Å². The Morgan fingerprint density at radius 1 is 1.11 bits per heavy atom. The second-order valence-corrected chi connectivity index (χ2v) is 5.81. The molecule has 9 nitrogen and oxygen atoms in total. The highest BCUT2D eigenvalue weighted by Crippen LogP contribution is 2.29. The molecule has 0 atom stereocenters. The molecule has 1 aromatic heterocycles. The predicted octanol–water partition coefficient (Wildman–Crippen LogP) is 1.74. The van der Waals surface area contributed by atoms with Crippen LogP contribution in [0.25, 0.3) is 5.69 Å². The molecule has 27 heavy (non-hydrogen) atoms. The number of hydrogen-bond acceptors (Lipinski definition) is 6. The van der Waals surface area contributed by atoms with Crippen LogP contribution < -0.4 is 20.5 Å². The molecule has 0 aliphatic carbocycles. The standard InChI is InChI=1S/C17H16ClN5O4/c1-26-14-8-7-11(9-15(14)27-2)19-16(24)10-22-17(25)23(21-20-22)13-6-4-3-5-12(13)18/h3-9H,10H2,1-2H3,(H,19,24). The molecule has 0 fully saturated rings. The molecule has 0 aliphatic heterocycles. The van der Waals surface area contributed by atoms with E-state index in [1.807, 2.05) is 0 Å². The van der Waals surface area contributed by atoms with E-state index in [0.29, 0.717) is 27.9 Å². The molecule has 1 amide bonds. The van der Waals surface area contributed by atoms with Gasteiger partial charge in [-0.2, -0.15) is 9.36 Å². The minimum absolute atomic E-state index is 0.308. The molecule has 0 aliphatic rings. The first-order valence-corrected chi connectivity index (χ1v) is 8.21. The summed E-state index contributed by atoms with van der Waals surface area (Å²) in [5.41, 5.74) is 0.297. The van der Waals surface area contributed by atoms with Crippen molar-refractivity contribution < 1.29 is 14.3 Å². The zero-order chi connectivity index (χ0) is 19.4. The fourth-order valence-electron chi connectivity index (χ4n) is 2.40. The Kier molecular flexibility index (Phi) is 5.41. The second-order valence-electron chi connectivity index (χ2n) is 5.40. The minimum atomic E-state index is -0.578. The van der Waals surface area contributed by atoms with Crippen LogP contribution in [0, 0.1) is 0 Å². The summed E-state index contributed by atoms with van der Waals surface area (Å²) < 4.78 is 12.3. The number of nitrogens with zero attached hydrogens (tertiary/aromatic N) is 4. The van der Waals surface area contributed by atoms with Crippen LogP contribution in [0.4, 0.5) is 5.69 Å². The molecular weight excluding hydrogens is 374 g/mol. The number of carbonyl (C=O) groups excluding carboxylic acids is 1. The smallest absolute Gasteiger partial charge is 0.369 e. The van der Waals surface area contributed by atoms with E-state index in [9.17, 15) is 9.59 Å². The highest BCUT2D eigenvalue weighted by atomic mass is 35.5. The van der Waals surface area contributed by atoms with Gasteiger partial charge in [-0.25, -0.2) is 4.79 Å². The topological polar surface area (TPSA) is 100 Å². The number of hydrogen-bond donors (Lipinski definition) is 1. The van der Waals surface area contributed by atoms with Gasteiger partial charge >= 0.3 is 5.69 Å². The first-order chi connectivity index (χ1) is 13.0. The summed E-state index contributed by atoms with van der Waals surface area (Å²) in [7, 11) is 3.01. The number of para-hydroxylation sites is 1. The number of ether oxygens (including phenoxy) is 2. The van der Waals surface area contributed by atoms with Crippen LogP contribution in [-0.2, 0) is 11.3 Å². The van der Waals surface area contributed by atoms with Crippen molar-refractivity contribution in [3.05, 3.63) is 58.0 Å². The molecule has 3 aromatic rings. The third kappa shape index (κ3) is 3.93. The number of methoxy groups -OCH3 is 2. The maximum Gasteiger partial charge on any atom is 0.369 e. The number of tetrazole rings is 1. The van der Waals surface area contributed by atoms with E-state index in [1.165, 1.54) is 14.2 Å². The van der Waals surface area contributed by atoms with Crippen molar-refractivity contribution in [2.24, 2.45) is 0 Å². The van der Waals surface area contributed by atoms with E-state index in [-0.39, 0.29) is 6.54 Å². The summed E-state index contributed by atoms with van der Waals surface area (Å²) in [6.45, 7) is -0.308. The van der Waals surface area contributed by atoms with Crippen LogP contribution in [0.15, 0.2) is 47.3 Å². The lowest BCUT2D eigenvalue weighted by atomic mass is 10.2. The van der Waals surface area contributed by atoms with Crippen LogP contribution in [0.5, 0.6) is 11.5 Å². The van der Waals surface area contributed by atoms with Crippen LogP contribution in [0.3, 0.4) is 0 Å². The average molecular weight is 390 g/mol. The van der Waals surface area contributed by atoms with Crippen molar-refractivity contribution in [3.8, 4) is 17.2 Å². The lowest BCUT2D eigenvalue weighted by molar-refractivity contribution is -0.117. The number of carbonyl (C=O) groups is 1. The van der Waals surface area contributed by atoms with Gasteiger partial charge in [-0.05, 0) is 34.7 Å². The van der Waals surface area contributed by atoms with Crippen molar-refractivity contribution in [2.75, 3.05) is 19.5 Å². The molecule has 1 heterocycles. The zero-order valence-electron chi connectivity index (χ0n) is 14.5. The third-order valence-corrected chi connectivity index (χ3v) is 4.00. The zero-order valence-corrected chi connectivity index (χ0v) is 15.3. The van der Waals surface area contributed by atoms with Gasteiger partial charge in [-0.1, -0.05) is 23.7 Å². The van der Waals surface area contributed by atoms with Gasteiger partial charge in [0.25, 0.3) is 0 Å². The largest absolute Gasteiger partial charge is 0.493 e. The number of amides is 1. The quantitative estimate of drug-likeness (QED) is 0.689. The molecule has 0 spiro atoms. The molecule has 1 N–H and O–H groups in total. The summed E-state index contributed by atoms with van der Waals surface area (Å²) in [5, 5.41) is 10.5. The van der Waals surface area contributed by atoms with Gasteiger partial charge in [0, 0.05) is 11.8 Å². The second kappa shape index (κ2) is 7.92. The van der Waals surface area contributed by atoms with E-state index in [0.717, 1.165) is 9.36 Å². The van der Waals surface area contributed by atoms with Gasteiger partial charge in [0.1, 0.15) is 6.54 Å². The number of nitrogens with one attached hydrogen (secondary N) is 1. The minimum Gasteiger partial charge on any atom is -0.493 e. The Bertz CT molecular complexity index is 1030. The Hall–Kier alpha value is -3.33. The molecule has 3 rings (SSSR count). The number of rotatable bonds is 6. The monoisotopic (exact) mass is 389 g/mol. The molecular formula is C17H16ClN5O4. The SMILES string of the molecule is COc1ccc(NC(=O)Cn2nnn(-c3ccccc3Cl)c2=O)cc1OC. The van der Waals surface area contributed by atoms with Crippen LogP contribution in [0.2, 0.25) is 5.02 Å². The lowest BCUT2D eigenvalue weighted by Crippen LogP contribution is -2.29. The number of anilines is 1. The van der Waals surface area contributed by atoms with E-state index < -0.39 is 11.6 Å². The maximum atomic E-state index is 12.4. The van der Waals surface area contributed by atoms with Crippen molar-refractivity contribution in [1.29, 1.82) is 0 Å². The molecule has 0 saturated carbocycles. The van der Waals surface area contributed by atoms with Crippen LogP contribution in [0.1, 0.15) is 0 Å². The van der Waals surface area contributed by atoms with E-state index in [1.54, 1.807) is 42.5 Å². The van der Waals surface area contributed by atoms with E-state index in [2.05, 4.69) is 15.7 Å². The molecule has 2 aromatic carbocycles. The highest BCUT2D eigenvalue weighted by molar-refractivity contribution is 6.32. The summed E-state index contributed by atoms with van der Waals surface area (Å²) in [6, 6.07) is 11.6. The number of aromatic nitrogens is 4. The van der Waals surface area contributed by atoms with Crippen molar-refractivity contribution in [3.63, 3.8) is 0 Å². The average Bonchev–Trinajstić information content (AvgIpc) is 3.02. The molecule has 140 valence electrons. The fraction of sp³-hybridized carbons (Fsp3) is 0.176. The molecule has 0 saturated heterocycles. The van der Waals surface area contributed by atoms with Crippen molar-refractivity contribution in [2.45, 2.75) is 6.54 Å². The van der Waals surface area contributed by atoms with Crippen molar-refractivity contribution in [1.82, 2.24) is 19.8 Å². The Morgan fingerprint density at radius 3 is 2.56 bits per heavy atom. The third-order valence-electron chi connectivity index (χ3n) is 3.68. The van der Waals surface area contributed by atoms with Gasteiger partial charge in [0.05, 0.1) is 24.9 Å². The highest BCUT2D eigenvalue weighted by Gasteiger charge is 2.14.